The number of hydrogen-bond donors (Lipinski definition) is 2. The average Bonchev–Trinajstić information content (AvgIpc) is 3.04. The molecule has 0 saturated carbocycles. The minimum Gasteiger partial charge on any atom is -0.340 e. The second kappa shape index (κ2) is 7.78. The predicted molar refractivity (Wildman–Crippen MR) is 115 cm³/mol. The van der Waals surface area contributed by atoms with Crippen LogP contribution in [0.15, 0.2) is 60.7 Å². The number of carbonyl (C=O) groups excluding carboxylic acids is 1. The maximum atomic E-state index is 11.2. The summed E-state index contributed by atoms with van der Waals surface area (Å²) in [6.45, 7) is 3.58. The standard InChI is InChI=1S/C22H20N4OS/c1-14-12-19-21(24-18-10-8-17(9-11-18)23-15(2)27)25-20(26-22(19)28-14)13-16-6-4-3-5-7-16/h3-12H,13H2,1-2H3,(H,23,27)(H,24,25,26). The molecule has 0 fully saturated rings. The third kappa shape index (κ3) is 4.18. The summed E-state index contributed by atoms with van der Waals surface area (Å²) in [7, 11) is 0. The summed E-state index contributed by atoms with van der Waals surface area (Å²) in [6.07, 6.45) is 0.684. The predicted octanol–water partition coefficient (Wildman–Crippen LogP) is 5.29. The number of anilines is 3. The highest BCUT2D eigenvalue weighted by atomic mass is 32.1. The molecule has 6 heteroatoms. The van der Waals surface area contributed by atoms with E-state index in [-0.39, 0.29) is 5.91 Å². The van der Waals surface area contributed by atoms with E-state index >= 15 is 0 Å². The van der Waals surface area contributed by atoms with Crippen molar-refractivity contribution >= 4 is 44.7 Å². The molecule has 140 valence electrons. The second-order valence-electron chi connectivity index (χ2n) is 6.61. The van der Waals surface area contributed by atoms with Gasteiger partial charge in [-0.25, -0.2) is 9.97 Å². The summed E-state index contributed by atoms with van der Waals surface area (Å²) in [5.41, 5.74) is 2.85. The van der Waals surface area contributed by atoms with Crippen LogP contribution in [0.1, 0.15) is 23.2 Å². The lowest BCUT2D eigenvalue weighted by molar-refractivity contribution is -0.114. The van der Waals surface area contributed by atoms with Crippen molar-refractivity contribution in [2.24, 2.45) is 0 Å². The van der Waals surface area contributed by atoms with E-state index in [1.165, 1.54) is 17.4 Å². The van der Waals surface area contributed by atoms with E-state index in [9.17, 15) is 4.79 Å². The van der Waals surface area contributed by atoms with Gasteiger partial charge in [0.2, 0.25) is 5.91 Å². The van der Waals surface area contributed by atoms with Gasteiger partial charge in [-0.15, -0.1) is 11.3 Å². The van der Waals surface area contributed by atoms with Crippen molar-refractivity contribution in [1.29, 1.82) is 0 Å². The van der Waals surface area contributed by atoms with E-state index in [0.717, 1.165) is 33.2 Å². The van der Waals surface area contributed by atoms with E-state index in [1.807, 2.05) is 42.5 Å². The van der Waals surface area contributed by atoms with Crippen LogP contribution in [0.3, 0.4) is 0 Å². The van der Waals surface area contributed by atoms with Crippen LogP contribution in [-0.4, -0.2) is 15.9 Å². The van der Waals surface area contributed by atoms with E-state index in [2.05, 4.69) is 35.8 Å². The molecule has 4 rings (SSSR count). The molecule has 28 heavy (non-hydrogen) atoms. The number of aryl methyl sites for hydroxylation is 1. The largest absolute Gasteiger partial charge is 0.340 e. The van der Waals surface area contributed by atoms with Crippen LogP contribution in [0.4, 0.5) is 17.2 Å². The van der Waals surface area contributed by atoms with Crippen LogP contribution in [0.25, 0.3) is 10.2 Å². The van der Waals surface area contributed by atoms with E-state index in [4.69, 9.17) is 9.97 Å². The van der Waals surface area contributed by atoms with Gasteiger partial charge in [0, 0.05) is 29.6 Å². The van der Waals surface area contributed by atoms with E-state index in [0.29, 0.717) is 6.42 Å². The van der Waals surface area contributed by atoms with Crippen molar-refractivity contribution in [3.63, 3.8) is 0 Å². The molecule has 0 unspecified atom stereocenters. The molecule has 2 aromatic carbocycles. The van der Waals surface area contributed by atoms with Gasteiger partial charge in [-0.3, -0.25) is 4.79 Å². The van der Waals surface area contributed by atoms with Crippen molar-refractivity contribution in [3.8, 4) is 0 Å². The second-order valence-corrected chi connectivity index (χ2v) is 7.85. The Kier molecular flexibility index (Phi) is 5.04. The lowest BCUT2D eigenvalue weighted by atomic mass is 10.1. The first-order valence-corrected chi connectivity index (χ1v) is 9.84. The zero-order valence-corrected chi connectivity index (χ0v) is 16.5. The van der Waals surface area contributed by atoms with Crippen LogP contribution < -0.4 is 10.6 Å². The quantitative estimate of drug-likeness (QED) is 0.487. The number of aromatic nitrogens is 2. The fourth-order valence-electron chi connectivity index (χ4n) is 3.02. The first-order chi connectivity index (χ1) is 13.6. The number of hydrogen-bond acceptors (Lipinski definition) is 5. The van der Waals surface area contributed by atoms with Crippen LogP contribution >= 0.6 is 11.3 Å². The first-order valence-electron chi connectivity index (χ1n) is 9.02. The lowest BCUT2D eigenvalue weighted by Crippen LogP contribution is -2.05. The first kappa shape index (κ1) is 18.1. The number of nitrogens with one attached hydrogen (secondary N) is 2. The van der Waals surface area contributed by atoms with Crippen molar-refractivity contribution in [1.82, 2.24) is 9.97 Å². The third-order valence-corrected chi connectivity index (χ3v) is 5.18. The number of thiophene rings is 1. The van der Waals surface area contributed by atoms with Crippen LogP contribution in [-0.2, 0) is 11.2 Å². The topological polar surface area (TPSA) is 66.9 Å². The Morgan fingerprint density at radius 3 is 2.43 bits per heavy atom. The molecule has 0 aliphatic heterocycles. The van der Waals surface area contributed by atoms with Gasteiger partial charge in [0.25, 0.3) is 0 Å². The summed E-state index contributed by atoms with van der Waals surface area (Å²) in [6, 6.07) is 19.9. The van der Waals surface area contributed by atoms with Gasteiger partial charge in [-0.2, -0.15) is 0 Å². The van der Waals surface area contributed by atoms with Crippen LogP contribution in [0, 0.1) is 6.92 Å². The molecule has 0 saturated heterocycles. The SMILES string of the molecule is CC(=O)Nc1ccc(Nc2nc(Cc3ccccc3)nc3sc(C)cc23)cc1. The Morgan fingerprint density at radius 2 is 1.71 bits per heavy atom. The monoisotopic (exact) mass is 388 g/mol. The number of nitrogens with zero attached hydrogens (tertiary/aromatic N) is 2. The summed E-state index contributed by atoms with van der Waals surface area (Å²) >= 11 is 1.67. The van der Waals surface area contributed by atoms with Gasteiger partial charge in [0.15, 0.2) is 0 Å². The van der Waals surface area contributed by atoms with Crippen molar-refractivity contribution in [2.45, 2.75) is 20.3 Å². The highest BCUT2D eigenvalue weighted by Gasteiger charge is 2.12. The molecule has 0 bridgehead atoms. The van der Waals surface area contributed by atoms with Crippen molar-refractivity contribution in [3.05, 3.63) is 76.9 Å². The summed E-state index contributed by atoms with van der Waals surface area (Å²) < 4.78 is 0. The Labute approximate surface area is 167 Å². The Morgan fingerprint density at radius 1 is 1.00 bits per heavy atom. The highest BCUT2D eigenvalue weighted by molar-refractivity contribution is 7.18. The number of benzene rings is 2. The number of fused-ring (bicyclic) bond motifs is 1. The zero-order valence-electron chi connectivity index (χ0n) is 15.7. The molecule has 2 heterocycles. The number of amides is 1. The maximum Gasteiger partial charge on any atom is 0.221 e. The van der Waals surface area contributed by atoms with Gasteiger partial charge in [-0.05, 0) is 42.8 Å². The lowest BCUT2D eigenvalue weighted by Gasteiger charge is -2.10. The molecular formula is C22H20N4OS. The molecule has 1 amide bonds. The number of carbonyl (C=O) groups is 1. The minimum atomic E-state index is -0.0856. The van der Waals surface area contributed by atoms with Crippen LogP contribution in [0.5, 0.6) is 0 Å². The average molecular weight is 388 g/mol. The fourth-order valence-corrected chi connectivity index (χ4v) is 3.91. The molecule has 0 aliphatic rings. The van der Waals surface area contributed by atoms with Gasteiger partial charge in [0.1, 0.15) is 16.5 Å². The summed E-state index contributed by atoms with van der Waals surface area (Å²) in [5.74, 6) is 1.50. The fraction of sp³-hybridized carbons (Fsp3) is 0.136. The summed E-state index contributed by atoms with van der Waals surface area (Å²) in [5, 5.41) is 7.20. The van der Waals surface area contributed by atoms with Gasteiger partial charge >= 0.3 is 0 Å². The molecular weight excluding hydrogens is 368 g/mol. The molecule has 2 aromatic heterocycles. The molecule has 0 atom stereocenters. The molecule has 0 spiro atoms. The van der Waals surface area contributed by atoms with Gasteiger partial charge < -0.3 is 10.6 Å². The number of rotatable bonds is 5. The maximum absolute atomic E-state index is 11.2. The Bertz CT molecular complexity index is 1120. The van der Waals surface area contributed by atoms with Gasteiger partial charge in [0.05, 0.1) is 5.39 Å². The molecule has 2 N–H and O–H groups in total. The highest BCUT2D eigenvalue weighted by Crippen LogP contribution is 2.31. The minimum absolute atomic E-state index is 0.0856. The normalized spacial score (nSPS) is 10.8. The molecule has 0 radical (unpaired) electrons. The molecule has 5 nitrogen and oxygen atoms in total. The smallest absolute Gasteiger partial charge is 0.221 e. The molecule has 0 aliphatic carbocycles. The third-order valence-electron chi connectivity index (χ3n) is 4.24. The Hall–Kier alpha value is -3.25. The van der Waals surface area contributed by atoms with Crippen molar-refractivity contribution < 1.29 is 4.79 Å². The zero-order chi connectivity index (χ0) is 19.5. The van der Waals surface area contributed by atoms with Gasteiger partial charge in [-0.1, -0.05) is 30.3 Å². The van der Waals surface area contributed by atoms with Crippen LogP contribution in [0.2, 0.25) is 0 Å². The van der Waals surface area contributed by atoms with Crippen molar-refractivity contribution in [2.75, 3.05) is 10.6 Å². The van der Waals surface area contributed by atoms with E-state index in [1.54, 1.807) is 11.3 Å². The van der Waals surface area contributed by atoms with E-state index < -0.39 is 0 Å². The summed E-state index contributed by atoms with van der Waals surface area (Å²) in [4.78, 5) is 22.9. The molecule has 4 aromatic rings. The Balaban J connectivity index is 1.66.